The van der Waals surface area contributed by atoms with Gasteiger partial charge in [0.25, 0.3) is 0 Å². The third-order valence-corrected chi connectivity index (χ3v) is 4.93. The normalized spacial score (nSPS) is 42.0. The van der Waals surface area contributed by atoms with Crippen molar-refractivity contribution in [2.24, 2.45) is 5.92 Å². The number of aliphatic hydroxyl groups excluding tert-OH is 1. The summed E-state index contributed by atoms with van der Waals surface area (Å²) in [5, 5.41) is 10.6. The van der Waals surface area contributed by atoms with Gasteiger partial charge >= 0.3 is 11.9 Å². The average Bonchev–Trinajstić information content (AvgIpc) is 3.01. The highest BCUT2D eigenvalue weighted by Crippen LogP contribution is 2.47. The Morgan fingerprint density at radius 1 is 1.57 bits per heavy atom. The maximum absolute atomic E-state index is 11.8. The first-order chi connectivity index (χ1) is 10.8. The van der Waals surface area contributed by atoms with Crippen molar-refractivity contribution in [3.05, 3.63) is 23.8 Å². The quantitative estimate of drug-likeness (QED) is 0.357. The molecular formula is C17H22O6. The van der Waals surface area contributed by atoms with Gasteiger partial charge < -0.3 is 19.3 Å². The van der Waals surface area contributed by atoms with Gasteiger partial charge in [-0.2, -0.15) is 0 Å². The highest BCUT2D eigenvalue weighted by atomic mass is 16.6. The number of fused-ring (bicyclic) bond motifs is 2. The molecule has 0 amide bonds. The van der Waals surface area contributed by atoms with Crippen LogP contribution in [0.15, 0.2) is 23.8 Å². The number of aliphatic hydroxyl groups is 1. The van der Waals surface area contributed by atoms with Gasteiger partial charge in [0, 0.05) is 18.9 Å². The molecule has 1 N–H and O–H groups in total. The summed E-state index contributed by atoms with van der Waals surface area (Å²) in [4.78, 5) is 22.9. The molecule has 2 aliphatic heterocycles. The molecule has 0 bridgehead atoms. The highest BCUT2D eigenvalue weighted by molar-refractivity contribution is 5.91. The zero-order valence-corrected chi connectivity index (χ0v) is 13.4. The van der Waals surface area contributed by atoms with Crippen molar-refractivity contribution in [1.29, 1.82) is 0 Å². The van der Waals surface area contributed by atoms with Crippen molar-refractivity contribution < 1.29 is 28.9 Å². The van der Waals surface area contributed by atoms with Gasteiger partial charge in [-0.3, -0.25) is 4.79 Å². The second-order valence-electron chi connectivity index (χ2n) is 6.75. The van der Waals surface area contributed by atoms with E-state index in [1.54, 1.807) is 6.08 Å². The van der Waals surface area contributed by atoms with E-state index in [1.165, 1.54) is 6.92 Å². The largest absolute Gasteiger partial charge is 0.461 e. The van der Waals surface area contributed by atoms with E-state index in [4.69, 9.17) is 14.2 Å². The maximum Gasteiger partial charge on any atom is 0.334 e. The number of carbonyl (C=O) groups excluding carboxylic acids is 2. The van der Waals surface area contributed by atoms with Gasteiger partial charge in [-0.1, -0.05) is 12.7 Å². The lowest BCUT2D eigenvalue weighted by molar-refractivity contribution is -0.141. The number of esters is 2. The smallest absolute Gasteiger partial charge is 0.334 e. The molecule has 0 aromatic rings. The first-order valence-corrected chi connectivity index (χ1v) is 7.89. The molecule has 3 aliphatic rings. The molecule has 23 heavy (non-hydrogen) atoms. The molecule has 1 aliphatic carbocycles. The minimum atomic E-state index is -0.900. The lowest BCUT2D eigenvalue weighted by Gasteiger charge is -2.24. The van der Waals surface area contributed by atoms with Gasteiger partial charge in [0.15, 0.2) is 0 Å². The van der Waals surface area contributed by atoms with Crippen LogP contribution in [-0.2, 0) is 23.8 Å². The summed E-state index contributed by atoms with van der Waals surface area (Å²) >= 11 is 0. The minimum absolute atomic E-state index is 0.0895. The summed E-state index contributed by atoms with van der Waals surface area (Å²) < 4.78 is 16.2. The standard InChI is InChI=1S/C17H22O6/c1-9-15-12(19)6-11(8-21-10(2)18)4-5-14-17(3,23-14)7-13(15)22-16(9)20/h6,12-15,19H,1,4-5,7-8H2,2-3H3/b11-6-/t12-,13+,14-,15+,17-/m0/s1. The number of carbonyl (C=O) groups is 2. The van der Waals surface area contributed by atoms with Gasteiger partial charge in [0.2, 0.25) is 0 Å². The van der Waals surface area contributed by atoms with Crippen LogP contribution in [0.25, 0.3) is 0 Å². The Morgan fingerprint density at radius 3 is 3.00 bits per heavy atom. The minimum Gasteiger partial charge on any atom is -0.461 e. The van der Waals surface area contributed by atoms with Crippen molar-refractivity contribution in [1.82, 2.24) is 0 Å². The zero-order valence-electron chi connectivity index (χ0n) is 13.4. The summed E-state index contributed by atoms with van der Waals surface area (Å²) in [6, 6.07) is 0. The van der Waals surface area contributed by atoms with Gasteiger partial charge in [-0.05, 0) is 25.3 Å². The van der Waals surface area contributed by atoms with Crippen molar-refractivity contribution >= 4 is 11.9 Å². The molecule has 2 fully saturated rings. The SMILES string of the molecule is C=C1C(=O)O[C@@H]2C[C@]3(C)O[C@H]3CC/C(COC(C)=O)=C/[C@H](O)[C@@H]12. The molecule has 2 heterocycles. The monoisotopic (exact) mass is 322 g/mol. The first-order valence-electron chi connectivity index (χ1n) is 7.89. The van der Waals surface area contributed by atoms with E-state index in [-0.39, 0.29) is 29.9 Å². The Morgan fingerprint density at radius 2 is 2.30 bits per heavy atom. The molecule has 0 saturated carbocycles. The molecule has 0 spiro atoms. The Bertz CT molecular complexity index is 580. The van der Waals surface area contributed by atoms with Crippen LogP contribution in [0.5, 0.6) is 0 Å². The van der Waals surface area contributed by atoms with Crippen LogP contribution in [0.1, 0.15) is 33.1 Å². The molecule has 0 unspecified atom stereocenters. The topological polar surface area (TPSA) is 85.4 Å². The number of ether oxygens (including phenoxy) is 3. The summed E-state index contributed by atoms with van der Waals surface area (Å²) in [5.41, 5.74) is 0.766. The predicted molar refractivity (Wildman–Crippen MR) is 80.4 cm³/mol. The highest BCUT2D eigenvalue weighted by Gasteiger charge is 2.56. The number of rotatable bonds is 2. The Labute approximate surface area is 135 Å². The van der Waals surface area contributed by atoms with Gasteiger partial charge in [0.05, 0.1) is 23.7 Å². The van der Waals surface area contributed by atoms with Crippen LogP contribution in [0.4, 0.5) is 0 Å². The van der Waals surface area contributed by atoms with E-state index in [9.17, 15) is 14.7 Å². The Kier molecular flexibility index (Phi) is 4.06. The van der Waals surface area contributed by atoms with Gasteiger partial charge in [0.1, 0.15) is 12.7 Å². The lowest BCUT2D eigenvalue weighted by Crippen LogP contribution is -2.33. The van der Waals surface area contributed by atoms with E-state index in [2.05, 4.69) is 6.58 Å². The second-order valence-corrected chi connectivity index (χ2v) is 6.75. The molecular weight excluding hydrogens is 300 g/mol. The molecule has 0 aromatic heterocycles. The van der Waals surface area contributed by atoms with E-state index >= 15 is 0 Å². The van der Waals surface area contributed by atoms with Gasteiger partial charge in [-0.25, -0.2) is 4.79 Å². The van der Waals surface area contributed by atoms with Crippen LogP contribution in [-0.4, -0.2) is 47.6 Å². The molecule has 6 heteroatoms. The molecule has 0 aromatic carbocycles. The fourth-order valence-electron chi connectivity index (χ4n) is 3.54. The van der Waals surface area contributed by atoms with Crippen LogP contribution >= 0.6 is 0 Å². The fourth-order valence-corrected chi connectivity index (χ4v) is 3.54. The molecule has 3 rings (SSSR count). The van der Waals surface area contributed by atoms with Crippen molar-refractivity contribution in [3.8, 4) is 0 Å². The van der Waals surface area contributed by atoms with Crippen LogP contribution in [0.3, 0.4) is 0 Å². The number of epoxide rings is 1. The zero-order chi connectivity index (χ0) is 16.8. The van der Waals surface area contributed by atoms with Crippen LogP contribution < -0.4 is 0 Å². The molecule has 5 atom stereocenters. The summed E-state index contributed by atoms with van der Waals surface area (Å²) in [5.74, 6) is -1.32. The van der Waals surface area contributed by atoms with Crippen molar-refractivity contribution in [2.45, 2.75) is 57.0 Å². The van der Waals surface area contributed by atoms with Crippen molar-refractivity contribution in [2.75, 3.05) is 6.61 Å². The van der Waals surface area contributed by atoms with E-state index in [0.29, 0.717) is 12.8 Å². The van der Waals surface area contributed by atoms with Gasteiger partial charge in [-0.15, -0.1) is 0 Å². The van der Waals surface area contributed by atoms with Crippen molar-refractivity contribution in [3.63, 3.8) is 0 Å². The molecule has 2 saturated heterocycles. The Balaban J connectivity index is 1.85. The molecule has 6 nitrogen and oxygen atoms in total. The van der Waals surface area contributed by atoms with E-state index in [0.717, 1.165) is 12.0 Å². The average molecular weight is 322 g/mol. The first kappa shape index (κ1) is 16.2. The lowest BCUT2D eigenvalue weighted by atomic mass is 9.83. The Hall–Kier alpha value is -1.66. The maximum atomic E-state index is 11.8. The summed E-state index contributed by atoms with van der Waals surface area (Å²) in [6.07, 6.45) is 2.42. The third-order valence-electron chi connectivity index (χ3n) is 4.93. The van der Waals surface area contributed by atoms with Crippen LogP contribution in [0, 0.1) is 5.92 Å². The van der Waals surface area contributed by atoms with E-state index in [1.807, 2.05) is 6.92 Å². The molecule has 0 radical (unpaired) electrons. The second kappa shape index (κ2) is 5.76. The number of hydrogen-bond acceptors (Lipinski definition) is 6. The van der Waals surface area contributed by atoms with E-state index < -0.39 is 24.1 Å². The van der Waals surface area contributed by atoms with Crippen LogP contribution in [0.2, 0.25) is 0 Å². The summed E-state index contributed by atoms with van der Waals surface area (Å²) in [6.45, 7) is 7.24. The fraction of sp³-hybridized carbons (Fsp3) is 0.647. The molecule has 126 valence electrons. The predicted octanol–water partition coefficient (Wildman–Crippen LogP) is 1.28. The third kappa shape index (κ3) is 3.19. The number of hydrogen-bond donors (Lipinski definition) is 1. The summed E-state index contributed by atoms with van der Waals surface area (Å²) in [7, 11) is 0.